The van der Waals surface area contributed by atoms with Gasteiger partial charge in [0.1, 0.15) is 0 Å². The first-order chi connectivity index (χ1) is 19.3. The van der Waals surface area contributed by atoms with Crippen LogP contribution in [0.3, 0.4) is 0 Å². The highest BCUT2D eigenvalue weighted by Crippen LogP contribution is 2.36. The summed E-state index contributed by atoms with van der Waals surface area (Å²) < 4.78 is 0. The molecule has 0 aliphatic carbocycles. The molecular weight excluding hydrogens is 470 g/mol. The standard InChI is InChI=1S/C38H27N/c1-2-9-27(10-3-1)28-17-19-29(20-18-28)30-21-23-33(24-22-30)39-34-13-8-12-31(25-34)38-26-32-11-4-5-14-35(32)36-15-6-7-16-37(36)38/h1-26,39H. The molecule has 39 heavy (non-hydrogen) atoms. The van der Waals surface area contributed by atoms with Crippen LogP contribution in [0.5, 0.6) is 0 Å². The molecule has 0 amide bonds. The molecule has 184 valence electrons. The van der Waals surface area contributed by atoms with Gasteiger partial charge in [-0.3, -0.25) is 0 Å². The second kappa shape index (κ2) is 9.96. The third-order valence-corrected chi connectivity index (χ3v) is 7.44. The quantitative estimate of drug-likeness (QED) is 0.233. The highest BCUT2D eigenvalue weighted by molar-refractivity contribution is 6.13. The molecule has 0 aliphatic heterocycles. The lowest BCUT2D eigenvalue weighted by Gasteiger charge is -2.13. The fourth-order valence-electron chi connectivity index (χ4n) is 5.46. The number of hydrogen-bond acceptors (Lipinski definition) is 1. The third kappa shape index (κ3) is 4.56. The normalized spacial score (nSPS) is 11.1. The molecule has 1 N–H and O–H groups in total. The van der Waals surface area contributed by atoms with Crippen molar-refractivity contribution in [3.63, 3.8) is 0 Å². The van der Waals surface area contributed by atoms with Crippen molar-refractivity contribution in [2.45, 2.75) is 0 Å². The summed E-state index contributed by atoms with van der Waals surface area (Å²) in [5.74, 6) is 0. The molecule has 7 aromatic rings. The highest BCUT2D eigenvalue weighted by atomic mass is 14.9. The molecule has 0 atom stereocenters. The fraction of sp³-hybridized carbons (Fsp3) is 0. The molecule has 1 nitrogen and oxygen atoms in total. The van der Waals surface area contributed by atoms with Crippen molar-refractivity contribution < 1.29 is 0 Å². The summed E-state index contributed by atoms with van der Waals surface area (Å²) >= 11 is 0. The summed E-state index contributed by atoms with van der Waals surface area (Å²) in [6.45, 7) is 0. The Morgan fingerprint density at radius 3 is 1.56 bits per heavy atom. The molecule has 0 heterocycles. The van der Waals surface area contributed by atoms with Gasteiger partial charge in [-0.1, -0.05) is 127 Å². The topological polar surface area (TPSA) is 12.0 Å². The maximum absolute atomic E-state index is 3.61. The van der Waals surface area contributed by atoms with E-state index in [2.05, 4.69) is 163 Å². The average molecular weight is 498 g/mol. The monoisotopic (exact) mass is 497 g/mol. The Bertz CT molecular complexity index is 1900. The van der Waals surface area contributed by atoms with E-state index in [1.165, 1.54) is 54.9 Å². The first-order valence-electron chi connectivity index (χ1n) is 13.4. The van der Waals surface area contributed by atoms with Gasteiger partial charge in [-0.05, 0) is 85.3 Å². The number of hydrogen-bond donors (Lipinski definition) is 1. The molecule has 0 saturated carbocycles. The van der Waals surface area contributed by atoms with Crippen LogP contribution in [0.2, 0.25) is 0 Å². The Kier molecular flexibility index (Phi) is 5.88. The van der Waals surface area contributed by atoms with Crippen molar-refractivity contribution in [3.8, 4) is 33.4 Å². The number of rotatable bonds is 5. The van der Waals surface area contributed by atoms with E-state index in [0.717, 1.165) is 11.4 Å². The van der Waals surface area contributed by atoms with E-state index >= 15 is 0 Å². The Hall–Kier alpha value is -5.14. The van der Waals surface area contributed by atoms with Gasteiger partial charge in [0.15, 0.2) is 0 Å². The van der Waals surface area contributed by atoms with Crippen LogP contribution in [0.4, 0.5) is 11.4 Å². The zero-order valence-corrected chi connectivity index (χ0v) is 21.5. The smallest absolute Gasteiger partial charge is 0.0390 e. The fourth-order valence-corrected chi connectivity index (χ4v) is 5.46. The van der Waals surface area contributed by atoms with Gasteiger partial charge in [0.05, 0.1) is 0 Å². The van der Waals surface area contributed by atoms with Crippen LogP contribution in [0.25, 0.3) is 54.9 Å². The summed E-state index contributed by atoms with van der Waals surface area (Å²) in [5.41, 5.74) is 9.49. The van der Waals surface area contributed by atoms with Crippen molar-refractivity contribution in [3.05, 3.63) is 158 Å². The number of benzene rings is 7. The van der Waals surface area contributed by atoms with E-state index in [9.17, 15) is 0 Å². The SMILES string of the molecule is c1ccc(-c2ccc(-c3ccc(Nc4cccc(-c5cc6ccccc6c6ccccc56)c4)cc3)cc2)cc1. The second-order valence-corrected chi connectivity index (χ2v) is 9.92. The van der Waals surface area contributed by atoms with Crippen LogP contribution in [-0.2, 0) is 0 Å². The van der Waals surface area contributed by atoms with Gasteiger partial charge in [-0.2, -0.15) is 0 Å². The molecular formula is C38H27N. The molecule has 0 aliphatic rings. The molecule has 7 rings (SSSR count). The number of anilines is 2. The van der Waals surface area contributed by atoms with Crippen molar-refractivity contribution in [1.29, 1.82) is 0 Å². The minimum absolute atomic E-state index is 1.07. The van der Waals surface area contributed by atoms with Gasteiger partial charge in [0.25, 0.3) is 0 Å². The molecule has 0 unspecified atom stereocenters. The Balaban J connectivity index is 1.15. The largest absolute Gasteiger partial charge is 0.356 e. The van der Waals surface area contributed by atoms with Crippen LogP contribution in [-0.4, -0.2) is 0 Å². The molecule has 0 bridgehead atoms. The summed E-state index contributed by atoms with van der Waals surface area (Å²) in [6, 6.07) is 56.3. The van der Waals surface area contributed by atoms with E-state index in [0.29, 0.717) is 0 Å². The minimum atomic E-state index is 1.07. The molecule has 1 heteroatoms. The van der Waals surface area contributed by atoms with E-state index in [1.54, 1.807) is 0 Å². The van der Waals surface area contributed by atoms with Crippen LogP contribution in [0.1, 0.15) is 0 Å². The predicted octanol–water partition coefficient (Wildman–Crippen LogP) is 10.7. The van der Waals surface area contributed by atoms with Crippen LogP contribution >= 0.6 is 0 Å². The van der Waals surface area contributed by atoms with Crippen molar-refractivity contribution in [1.82, 2.24) is 0 Å². The lowest BCUT2D eigenvalue weighted by atomic mass is 9.93. The van der Waals surface area contributed by atoms with Gasteiger partial charge in [0, 0.05) is 11.4 Å². The van der Waals surface area contributed by atoms with Crippen LogP contribution in [0, 0.1) is 0 Å². The maximum Gasteiger partial charge on any atom is 0.0390 e. The molecule has 0 spiro atoms. The predicted molar refractivity (Wildman–Crippen MR) is 167 cm³/mol. The summed E-state index contributed by atoms with van der Waals surface area (Å²) in [5, 5.41) is 8.72. The lowest BCUT2D eigenvalue weighted by Crippen LogP contribution is -1.91. The Morgan fingerprint density at radius 1 is 0.308 bits per heavy atom. The van der Waals surface area contributed by atoms with Crippen molar-refractivity contribution in [2.24, 2.45) is 0 Å². The van der Waals surface area contributed by atoms with E-state index in [4.69, 9.17) is 0 Å². The van der Waals surface area contributed by atoms with Gasteiger partial charge < -0.3 is 5.32 Å². The highest BCUT2D eigenvalue weighted by Gasteiger charge is 2.09. The van der Waals surface area contributed by atoms with Gasteiger partial charge in [0.2, 0.25) is 0 Å². The first-order valence-corrected chi connectivity index (χ1v) is 13.4. The zero-order valence-electron chi connectivity index (χ0n) is 21.5. The van der Waals surface area contributed by atoms with Crippen LogP contribution < -0.4 is 5.32 Å². The molecule has 0 saturated heterocycles. The summed E-state index contributed by atoms with van der Waals surface area (Å²) in [7, 11) is 0. The minimum Gasteiger partial charge on any atom is -0.356 e. The van der Waals surface area contributed by atoms with Gasteiger partial charge in [-0.15, -0.1) is 0 Å². The first kappa shape index (κ1) is 23.0. The molecule has 0 fully saturated rings. The molecule has 0 aromatic heterocycles. The Labute approximate surface area is 229 Å². The van der Waals surface area contributed by atoms with Gasteiger partial charge in [-0.25, -0.2) is 0 Å². The molecule has 0 radical (unpaired) electrons. The van der Waals surface area contributed by atoms with Crippen molar-refractivity contribution in [2.75, 3.05) is 5.32 Å². The van der Waals surface area contributed by atoms with E-state index in [-0.39, 0.29) is 0 Å². The van der Waals surface area contributed by atoms with E-state index in [1.807, 2.05) is 0 Å². The van der Waals surface area contributed by atoms with Crippen LogP contribution in [0.15, 0.2) is 158 Å². The second-order valence-electron chi connectivity index (χ2n) is 9.92. The number of fused-ring (bicyclic) bond motifs is 3. The average Bonchev–Trinajstić information content (AvgIpc) is 3.02. The molecule has 7 aromatic carbocycles. The summed E-state index contributed by atoms with van der Waals surface area (Å²) in [4.78, 5) is 0. The van der Waals surface area contributed by atoms with Gasteiger partial charge >= 0.3 is 0 Å². The lowest BCUT2D eigenvalue weighted by molar-refractivity contribution is 1.53. The van der Waals surface area contributed by atoms with Crippen molar-refractivity contribution >= 4 is 32.9 Å². The third-order valence-electron chi connectivity index (χ3n) is 7.44. The Morgan fingerprint density at radius 2 is 0.846 bits per heavy atom. The summed E-state index contributed by atoms with van der Waals surface area (Å²) in [6.07, 6.45) is 0. The zero-order chi connectivity index (χ0) is 26.0. The van der Waals surface area contributed by atoms with E-state index < -0.39 is 0 Å². The number of nitrogens with one attached hydrogen (secondary N) is 1. The maximum atomic E-state index is 3.61.